The number of fused-ring (bicyclic) bond motifs is 1. The van der Waals surface area contributed by atoms with E-state index >= 15 is 0 Å². The summed E-state index contributed by atoms with van der Waals surface area (Å²) in [7, 11) is 2.03. The molecular formula is C15H26N2O6. The van der Waals surface area contributed by atoms with Crippen LogP contribution in [0.15, 0.2) is 0 Å². The van der Waals surface area contributed by atoms with Crippen molar-refractivity contribution in [3.05, 3.63) is 0 Å². The Morgan fingerprint density at radius 3 is 1.78 bits per heavy atom. The number of amides is 1. The lowest BCUT2D eigenvalue weighted by atomic mass is 10.0. The Balaban J connectivity index is 0.000000379. The lowest BCUT2D eigenvalue weighted by Gasteiger charge is -2.25. The summed E-state index contributed by atoms with van der Waals surface area (Å²) in [6.07, 6.45) is 2.24. The summed E-state index contributed by atoms with van der Waals surface area (Å²) in [5, 5.41) is 18.1. The zero-order chi connectivity index (χ0) is 17.8. The van der Waals surface area contributed by atoms with E-state index in [0.717, 1.165) is 13.1 Å². The van der Waals surface area contributed by atoms with Crippen LogP contribution in [-0.2, 0) is 14.3 Å². The van der Waals surface area contributed by atoms with E-state index in [1.807, 2.05) is 32.7 Å². The molecule has 8 nitrogen and oxygen atoms in total. The fraction of sp³-hybridized carbons (Fsp3) is 0.800. The molecule has 1 saturated heterocycles. The molecule has 2 fully saturated rings. The van der Waals surface area contributed by atoms with Gasteiger partial charge >= 0.3 is 18.0 Å². The molecule has 1 aliphatic heterocycles. The molecule has 1 amide bonds. The number of hydrogen-bond donors (Lipinski definition) is 3. The summed E-state index contributed by atoms with van der Waals surface area (Å²) in [4.78, 5) is 32.0. The van der Waals surface area contributed by atoms with Crippen LogP contribution in [0.5, 0.6) is 0 Å². The second-order valence-electron chi connectivity index (χ2n) is 6.97. The number of carbonyl (C=O) groups is 3. The molecule has 0 aromatic rings. The van der Waals surface area contributed by atoms with Crippen LogP contribution in [0.3, 0.4) is 0 Å². The average Bonchev–Trinajstić information content (AvgIpc) is 2.94. The number of likely N-dealkylation sites (tertiary alicyclic amines) is 1. The van der Waals surface area contributed by atoms with E-state index in [9.17, 15) is 4.79 Å². The molecule has 0 spiro atoms. The Kier molecular flexibility index (Phi) is 6.37. The summed E-state index contributed by atoms with van der Waals surface area (Å²) < 4.78 is 5.41. The number of rotatable bonds is 1. The minimum absolute atomic E-state index is 0.145. The van der Waals surface area contributed by atoms with Crippen LogP contribution in [0, 0.1) is 11.8 Å². The first-order chi connectivity index (χ1) is 10.5. The molecule has 132 valence electrons. The van der Waals surface area contributed by atoms with Crippen molar-refractivity contribution in [3.8, 4) is 0 Å². The molecule has 0 bridgehead atoms. The first-order valence-corrected chi connectivity index (χ1v) is 7.65. The highest BCUT2D eigenvalue weighted by Gasteiger charge is 2.42. The second kappa shape index (κ2) is 7.63. The van der Waals surface area contributed by atoms with Crippen LogP contribution in [0.4, 0.5) is 4.79 Å². The van der Waals surface area contributed by atoms with Gasteiger partial charge in [0.1, 0.15) is 5.60 Å². The fourth-order valence-electron chi connectivity index (χ4n) is 3.01. The minimum Gasteiger partial charge on any atom is -0.473 e. The number of carboxylic acids is 2. The number of nitrogens with one attached hydrogen (secondary N) is 1. The molecule has 3 N–H and O–H groups in total. The van der Waals surface area contributed by atoms with Gasteiger partial charge in [-0.3, -0.25) is 0 Å². The van der Waals surface area contributed by atoms with Crippen molar-refractivity contribution in [1.82, 2.24) is 10.2 Å². The number of carbonyl (C=O) groups excluding carboxylic acids is 1. The van der Waals surface area contributed by atoms with Crippen LogP contribution in [0.1, 0.15) is 33.6 Å². The third-order valence-corrected chi connectivity index (χ3v) is 3.99. The Hall–Kier alpha value is -1.83. The van der Waals surface area contributed by atoms with Gasteiger partial charge < -0.3 is 25.2 Å². The molecule has 2 aliphatic rings. The molecule has 0 aromatic heterocycles. The van der Waals surface area contributed by atoms with E-state index in [1.54, 1.807) is 0 Å². The molecule has 1 aliphatic carbocycles. The van der Waals surface area contributed by atoms with Crippen molar-refractivity contribution in [2.24, 2.45) is 11.8 Å². The van der Waals surface area contributed by atoms with Crippen molar-refractivity contribution >= 4 is 18.0 Å². The summed E-state index contributed by atoms with van der Waals surface area (Å²) in [6.45, 7) is 7.49. The molecule has 1 unspecified atom stereocenters. The maximum absolute atomic E-state index is 11.9. The summed E-state index contributed by atoms with van der Waals surface area (Å²) in [6, 6.07) is 0.644. The summed E-state index contributed by atoms with van der Waals surface area (Å²) in [5.41, 5.74) is -0.387. The maximum atomic E-state index is 11.9. The lowest BCUT2D eigenvalue weighted by molar-refractivity contribution is -0.159. The molecular weight excluding hydrogens is 304 g/mol. The number of carboxylic acid groups (broad SMARTS) is 2. The maximum Gasteiger partial charge on any atom is 0.414 e. The van der Waals surface area contributed by atoms with Gasteiger partial charge in [-0.2, -0.15) is 0 Å². The second-order valence-corrected chi connectivity index (χ2v) is 6.97. The van der Waals surface area contributed by atoms with Crippen LogP contribution < -0.4 is 5.32 Å². The Morgan fingerprint density at radius 1 is 1.04 bits per heavy atom. The highest BCUT2D eigenvalue weighted by molar-refractivity contribution is 6.27. The van der Waals surface area contributed by atoms with Crippen LogP contribution in [0.25, 0.3) is 0 Å². The number of aliphatic carboxylic acids is 2. The van der Waals surface area contributed by atoms with Crippen LogP contribution in [-0.4, -0.2) is 64.9 Å². The third-order valence-electron chi connectivity index (χ3n) is 3.99. The van der Waals surface area contributed by atoms with Crippen molar-refractivity contribution in [2.75, 3.05) is 20.1 Å². The van der Waals surface area contributed by atoms with Crippen LogP contribution in [0.2, 0.25) is 0 Å². The van der Waals surface area contributed by atoms with Crippen molar-refractivity contribution in [1.29, 1.82) is 0 Å². The fourth-order valence-corrected chi connectivity index (χ4v) is 3.01. The quantitative estimate of drug-likeness (QED) is 0.614. The van der Waals surface area contributed by atoms with Gasteiger partial charge in [0.25, 0.3) is 0 Å². The topological polar surface area (TPSA) is 116 Å². The zero-order valence-electron chi connectivity index (χ0n) is 14.0. The van der Waals surface area contributed by atoms with Gasteiger partial charge in [-0.05, 0) is 52.5 Å². The van der Waals surface area contributed by atoms with E-state index in [-0.39, 0.29) is 11.7 Å². The Labute approximate surface area is 135 Å². The highest BCUT2D eigenvalue weighted by Crippen LogP contribution is 2.38. The number of ether oxygens (including phenoxy) is 1. The molecule has 1 saturated carbocycles. The molecule has 0 radical (unpaired) electrons. The van der Waals surface area contributed by atoms with E-state index in [0.29, 0.717) is 17.9 Å². The summed E-state index contributed by atoms with van der Waals surface area (Å²) in [5.74, 6) is -2.31. The van der Waals surface area contributed by atoms with Crippen molar-refractivity contribution in [2.45, 2.75) is 45.3 Å². The largest absolute Gasteiger partial charge is 0.473 e. The molecule has 0 aromatic carbocycles. The van der Waals surface area contributed by atoms with Crippen molar-refractivity contribution < 1.29 is 29.3 Å². The van der Waals surface area contributed by atoms with Gasteiger partial charge in [0.15, 0.2) is 0 Å². The third kappa shape index (κ3) is 6.05. The first-order valence-electron chi connectivity index (χ1n) is 7.65. The molecule has 3 atom stereocenters. The molecule has 8 heteroatoms. The lowest BCUT2D eigenvalue weighted by Crippen LogP contribution is -2.36. The number of hydrogen-bond acceptors (Lipinski definition) is 5. The van der Waals surface area contributed by atoms with Gasteiger partial charge in [0, 0.05) is 19.1 Å². The van der Waals surface area contributed by atoms with Crippen molar-refractivity contribution in [3.63, 3.8) is 0 Å². The predicted octanol–water partition coefficient (Wildman–Crippen LogP) is 1.01. The standard InChI is InChI=1S/C13H24N2O2.C2H2O4/c1-13(2,3)17-12(16)15-7-9-5-11(14-4)6-10(9)8-15;3-1(4)2(5)6/h9-11,14H,5-8H2,1-4H3;(H,3,4)(H,5,6)/t9-,10+,11?;. The molecule has 23 heavy (non-hydrogen) atoms. The van der Waals surface area contributed by atoms with E-state index in [1.165, 1.54) is 12.8 Å². The van der Waals surface area contributed by atoms with Crippen LogP contribution >= 0.6 is 0 Å². The van der Waals surface area contributed by atoms with Gasteiger partial charge in [0.05, 0.1) is 0 Å². The zero-order valence-corrected chi connectivity index (χ0v) is 14.0. The SMILES string of the molecule is CNC1C[C@@H]2CN(C(=O)OC(C)(C)C)C[C@@H]2C1.O=C(O)C(=O)O. The van der Waals surface area contributed by atoms with E-state index in [2.05, 4.69) is 5.32 Å². The normalized spacial score (nSPS) is 26.1. The summed E-state index contributed by atoms with van der Waals surface area (Å²) >= 11 is 0. The highest BCUT2D eigenvalue weighted by atomic mass is 16.6. The Morgan fingerprint density at radius 2 is 1.48 bits per heavy atom. The van der Waals surface area contributed by atoms with Gasteiger partial charge in [-0.1, -0.05) is 0 Å². The average molecular weight is 330 g/mol. The van der Waals surface area contributed by atoms with Gasteiger partial charge in [-0.15, -0.1) is 0 Å². The predicted molar refractivity (Wildman–Crippen MR) is 82.1 cm³/mol. The number of nitrogens with zero attached hydrogens (tertiary/aromatic N) is 1. The van der Waals surface area contributed by atoms with Gasteiger partial charge in [0.2, 0.25) is 0 Å². The molecule has 1 heterocycles. The van der Waals surface area contributed by atoms with E-state index < -0.39 is 11.9 Å². The smallest absolute Gasteiger partial charge is 0.414 e. The molecule has 2 rings (SSSR count). The Bertz CT molecular complexity index is 433. The first kappa shape index (κ1) is 19.2. The minimum atomic E-state index is -1.82. The monoisotopic (exact) mass is 330 g/mol. The van der Waals surface area contributed by atoms with E-state index in [4.69, 9.17) is 24.5 Å². The van der Waals surface area contributed by atoms with Gasteiger partial charge in [-0.25, -0.2) is 14.4 Å².